The van der Waals surface area contributed by atoms with Gasteiger partial charge in [0.25, 0.3) is 5.91 Å². The molecule has 0 saturated carbocycles. The van der Waals surface area contributed by atoms with Crippen LogP contribution in [0.4, 0.5) is 5.69 Å². The summed E-state index contributed by atoms with van der Waals surface area (Å²) in [7, 11) is 0. The molecule has 1 fully saturated rings. The van der Waals surface area contributed by atoms with Gasteiger partial charge in [-0.2, -0.15) is 5.10 Å². The highest BCUT2D eigenvalue weighted by atomic mass is 16.2. The van der Waals surface area contributed by atoms with Crippen molar-refractivity contribution in [1.29, 1.82) is 0 Å². The predicted molar refractivity (Wildman–Crippen MR) is 91.4 cm³/mol. The van der Waals surface area contributed by atoms with E-state index in [-0.39, 0.29) is 5.91 Å². The van der Waals surface area contributed by atoms with Crippen LogP contribution in [-0.4, -0.2) is 49.7 Å². The van der Waals surface area contributed by atoms with Gasteiger partial charge in [-0.3, -0.25) is 9.69 Å². The molecule has 120 valence electrons. The molecule has 1 aliphatic rings. The molecule has 1 aromatic rings. The Morgan fingerprint density at radius 3 is 2.45 bits per heavy atom. The van der Waals surface area contributed by atoms with Crippen molar-refractivity contribution in [3.8, 4) is 0 Å². The maximum atomic E-state index is 11.7. The fourth-order valence-corrected chi connectivity index (χ4v) is 2.72. The zero-order valence-electron chi connectivity index (χ0n) is 13.6. The van der Waals surface area contributed by atoms with Gasteiger partial charge in [0.1, 0.15) is 0 Å². The largest absolute Gasteiger partial charge is 0.372 e. The van der Waals surface area contributed by atoms with Crippen LogP contribution in [0.25, 0.3) is 0 Å². The maximum Gasteiger partial charge on any atom is 0.254 e. The first-order chi connectivity index (χ1) is 10.7. The first-order valence-corrected chi connectivity index (χ1v) is 8.12. The summed E-state index contributed by atoms with van der Waals surface area (Å²) in [5.41, 5.74) is 4.79. The molecule has 0 bridgehead atoms. The molecule has 1 saturated heterocycles. The van der Waals surface area contributed by atoms with Gasteiger partial charge >= 0.3 is 0 Å². The van der Waals surface area contributed by atoms with Gasteiger partial charge in [0.15, 0.2) is 0 Å². The van der Waals surface area contributed by atoms with Crippen molar-refractivity contribution in [2.75, 3.05) is 37.6 Å². The summed E-state index contributed by atoms with van der Waals surface area (Å²) in [6.45, 7) is 8.77. The summed E-state index contributed by atoms with van der Waals surface area (Å²) in [6, 6.07) is 8.20. The van der Waals surface area contributed by atoms with Gasteiger partial charge in [0.2, 0.25) is 0 Å². The highest BCUT2D eigenvalue weighted by Gasteiger charge is 2.14. The number of likely N-dealkylation sites (tertiary alicyclic amines) is 1. The average molecular weight is 302 g/mol. The number of hydrogen-bond acceptors (Lipinski definition) is 4. The highest BCUT2D eigenvalue weighted by Crippen LogP contribution is 2.13. The number of nitrogens with zero attached hydrogens (tertiary/aromatic N) is 3. The zero-order chi connectivity index (χ0) is 15.8. The van der Waals surface area contributed by atoms with Crippen LogP contribution in [0.5, 0.6) is 0 Å². The Kier molecular flexibility index (Phi) is 6.40. The number of rotatable bonds is 7. The van der Waals surface area contributed by atoms with Crippen LogP contribution in [0.3, 0.4) is 0 Å². The van der Waals surface area contributed by atoms with Crippen molar-refractivity contribution in [1.82, 2.24) is 10.3 Å². The van der Waals surface area contributed by atoms with Crippen molar-refractivity contribution in [3.63, 3.8) is 0 Å². The third kappa shape index (κ3) is 4.84. The number of benzene rings is 1. The maximum absolute atomic E-state index is 11.7. The van der Waals surface area contributed by atoms with E-state index >= 15 is 0 Å². The summed E-state index contributed by atoms with van der Waals surface area (Å²) in [5.74, 6) is -0.0436. The molecule has 0 unspecified atom stereocenters. The fourth-order valence-electron chi connectivity index (χ4n) is 2.72. The number of carbonyl (C=O) groups is 1. The van der Waals surface area contributed by atoms with Gasteiger partial charge in [-0.05, 0) is 57.5 Å². The molecule has 5 heteroatoms. The topological polar surface area (TPSA) is 47.9 Å². The number of carbonyl (C=O) groups excluding carboxylic acids is 1. The fraction of sp³-hybridized carbons (Fsp3) is 0.529. The smallest absolute Gasteiger partial charge is 0.254 e. The Balaban J connectivity index is 1.81. The van der Waals surface area contributed by atoms with Crippen LogP contribution in [0, 0.1) is 0 Å². The van der Waals surface area contributed by atoms with E-state index < -0.39 is 0 Å². The summed E-state index contributed by atoms with van der Waals surface area (Å²) >= 11 is 0. The SMILES string of the molecule is CCN(CC)c1ccc(/C=N\NC(=O)CN2CCCC2)cc1. The molecule has 0 radical (unpaired) electrons. The van der Waals surface area contributed by atoms with Gasteiger partial charge in [-0.1, -0.05) is 12.1 Å². The van der Waals surface area contributed by atoms with Crippen molar-refractivity contribution >= 4 is 17.8 Å². The van der Waals surface area contributed by atoms with Crippen molar-refractivity contribution in [2.24, 2.45) is 5.10 Å². The lowest BCUT2D eigenvalue weighted by molar-refractivity contribution is -0.121. The molecule has 1 amide bonds. The summed E-state index contributed by atoms with van der Waals surface area (Å²) < 4.78 is 0. The first kappa shape index (κ1) is 16.5. The van der Waals surface area contributed by atoms with Crippen LogP contribution in [0.15, 0.2) is 29.4 Å². The predicted octanol–water partition coefficient (Wildman–Crippen LogP) is 2.08. The molecule has 22 heavy (non-hydrogen) atoms. The number of anilines is 1. The number of amides is 1. The van der Waals surface area contributed by atoms with Crippen LogP contribution < -0.4 is 10.3 Å². The second-order valence-corrected chi connectivity index (χ2v) is 5.54. The second-order valence-electron chi connectivity index (χ2n) is 5.54. The van der Waals surface area contributed by atoms with Crippen LogP contribution in [-0.2, 0) is 4.79 Å². The minimum absolute atomic E-state index is 0.0436. The van der Waals surface area contributed by atoms with E-state index in [0.717, 1.165) is 31.7 Å². The lowest BCUT2D eigenvalue weighted by Gasteiger charge is -2.20. The number of hydrogen-bond donors (Lipinski definition) is 1. The van der Waals surface area contributed by atoms with E-state index in [9.17, 15) is 4.79 Å². The Morgan fingerprint density at radius 1 is 1.23 bits per heavy atom. The molecule has 1 N–H and O–H groups in total. The first-order valence-electron chi connectivity index (χ1n) is 8.12. The highest BCUT2D eigenvalue weighted by molar-refractivity contribution is 5.83. The van der Waals surface area contributed by atoms with E-state index in [1.54, 1.807) is 6.21 Å². The third-order valence-electron chi connectivity index (χ3n) is 3.99. The summed E-state index contributed by atoms with van der Waals surface area (Å²) in [5, 5.41) is 4.03. The molecular formula is C17H26N4O. The Hall–Kier alpha value is -1.88. The lowest BCUT2D eigenvalue weighted by atomic mass is 10.2. The standard InChI is InChI=1S/C17H26N4O/c1-3-21(4-2)16-9-7-15(8-10-16)13-18-19-17(22)14-20-11-5-6-12-20/h7-10,13H,3-6,11-12,14H2,1-2H3,(H,19,22)/b18-13-. The van der Waals surface area contributed by atoms with Gasteiger partial charge in [0.05, 0.1) is 12.8 Å². The van der Waals surface area contributed by atoms with E-state index in [4.69, 9.17) is 0 Å². The number of hydrazone groups is 1. The minimum Gasteiger partial charge on any atom is -0.372 e. The molecule has 1 aromatic carbocycles. The molecule has 0 aliphatic carbocycles. The second kappa shape index (κ2) is 8.54. The Bertz CT molecular complexity index is 488. The van der Waals surface area contributed by atoms with Crippen LogP contribution in [0.2, 0.25) is 0 Å². The zero-order valence-corrected chi connectivity index (χ0v) is 13.6. The van der Waals surface area contributed by atoms with E-state index in [1.807, 2.05) is 12.1 Å². The van der Waals surface area contributed by atoms with Crippen molar-refractivity contribution in [2.45, 2.75) is 26.7 Å². The van der Waals surface area contributed by atoms with E-state index in [1.165, 1.54) is 18.5 Å². The lowest BCUT2D eigenvalue weighted by Crippen LogP contribution is -2.33. The molecule has 5 nitrogen and oxygen atoms in total. The minimum atomic E-state index is -0.0436. The van der Waals surface area contributed by atoms with Crippen molar-refractivity contribution in [3.05, 3.63) is 29.8 Å². The summed E-state index contributed by atoms with van der Waals surface area (Å²) in [4.78, 5) is 16.2. The van der Waals surface area contributed by atoms with Gasteiger partial charge < -0.3 is 4.90 Å². The quantitative estimate of drug-likeness (QED) is 0.620. The summed E-state index contributed by atoms with van der Waals surface area (Å²) in [6.07, 6.45) is 4.07. The molecule has 0 atom stereocenters. The molecule has 1 aliphatic heterocycles. The number of nitrogens with one attached hydrogen (secondary N) is 1. The molecule has 0 aromatic heterocycles. The van der Waals surface area contributed by atoms with E-state index in [2.05, 4.69) is 46.3 Å². The average Bonchev–Trinajstić information content (AvgIpc) is 3.03. The van der Waals surface area contributed by atoms with Gasteiger partial charge in [-0.25, -0.2) is 5.43 Å². The normalized spacial score (nSPS) is 15.4. The third-order valence-corrected chi connectivity index (χ3v) is 3.99. The van der Waals surface area contributed by atoms with Gasteiger partial charge in [-0.15, -0.1) is 0 Å². The molecule has 1 heterocycles. The van der Waals surface area contributed by atoms with Crippen LogP contribution >= 0.6 is 0 Å². The Morgan fingerprint density at radius 2 is 1.86 bits per heavy atom. The monoisotopic (exact) mass is 302 g/mol. The molecule has 0 spiro atoms. The van der Waals surface area contributed by atoms with Crippen molar-refractivity contribution < 1.29 is 4.79 Å². The van der Waals surface area contributed by atoms with Gasteiger partial charge in [0, 0.05) is 18.8 Å². The van der Waals surface area contributed by atoms with E-state index in [0.29, 0.717) is 6.54 Å². The molecule has 2 rings (SSSR count). The van der Waals surface area contributed by atoms with Crippen LogP contribution in [0.1, 0.15) is 32.3 Å². The Labute approximate surface area is 133 Å². The molecular weight excluding hydrogens is 276 g/mol.